The molecule has 0 fully saturated rings. The second-order valence-corrected chi connectivity index (χ2v) is 3.75. The van der Waals surface area contributed by atoms with Crippen LogP contribution in [0.1, 0.15) is 26.7 Å². The first-order valence-electron chi connectivity index (χ1n) is 5.67. The molecule has 3 heteroatoms. The van der Waals surface area contributed by atoms with Crippen molar-refractivity contribution in [3.8, 4) is 0 Å². The molecule has 0 bridgehead atoms. The lowest BCUT2D eigenvalue weighted by Crippen LogP contribution is -2.31. The minimum absolute atomic E-state index is 0.382. The summed E-state index contributed by atoms with van der Waals surface area (Å²) in [6.45, 7) is 11.3. The van der Waals surface area contributed by atoms with Crippen molar-refractivity contribution in [2.24, 2.45) is 0 Å². The molecule has 0 aliphatic heterocycles. The fourth-order valence-electron chi connectivity index (χ4n) is 1.29. The predicted octanol–water partition coefficient (Wildman–Crippen LogP) is 1.98. The van der Waals surface area contributed by atoms with Gasteiger partial charge >= 0.3 is 0 Å². The number of nitrogens with one attached hydrogen (secondary N) is 1. The summed E-state index contributed by atoms with van der Waals surface area (Å²) in [4.78, 5) is 0. The van der Waals surface area contributed by atoms with Gasteiger partial charge in [-0.2, -0.15) is 0 Å². The molecular weight excluding hydrogens is 190 g/mol. The van der Waals surface area contributed by atoms with Gasteiger partial charge in [-0.25, -0.2) is 0 Å². The third kappa shape index (κ3) is 8.60. The third-order valence-electron chi connectivity index (χ3n) is 2.22. The van der Waals surface area contributed by atoms with E-state index in [0.29, 0.717) is 19.3 Å². The third-order valence-corrected chi connectivity index (χ3v) is 2.22. The van der Waals surface area contributed by atoms with Gasteiger partial charge in [0, 0.05) is 19.8 Å². The molecule has 90 valence electrons. The van der Waals surface area contributed by atoms with Gasteiger partial charge < -0.3 is 14.8 Å². The highest BCUT2D eigenvalue weighted by atomic mass is 16.5. The molecule has 0 saturated heterocycles. The Kier molecular flexibility index (Phi) is 9.89. The van der Waals surface area contributed by atoms with E-state index >= 15 is 0 Å². The van der Waals surface area contributed by atoms with Gasteiger partial charge in [0.1, 0.15) is 0 Å². The minimum atomic E-state index is 0.382. The average Bonchev–Trinajstić information content (AvgIpc) is 2.21. The van der Waals surface area contributed by atoms with Gasteiger partial charge in [-0.3, -0.25) is 0 Å². The van der Waals surface area contributed by atoms with E-state index in [0.717, 1.165) is 26.0 Å². The Morgan fingerprint density at radius 3 is 2.60 bits per heavy atom. The number of hydrogen-bond acceptors (Lipinski definition) is 3. The highest BCUT2D eigenvalue weighted by Crippen LogP contribution is 2.03. The molecule has 0 aliphatic carbocycles. The van der Waals surface area contributed by atoms with Gasteiger partial charge in [-0.05, 0) is 26.3 Å². The quantitative estimate of drug-likeness (QED) is 0.446. The molecule has 0 aromatic heterocycles. The van der Waals surface area contributed by atoms with Crippen LogP contribution in [0.3, 0.4) is 0 Å². The SMILES string of the molecule is C=C(C)C(CCOCCOC)NCCC. The van der Waals surface area contributed by atoms with Crippen LogP contribution in [0.25, 0.3) is 0 Å². The van der Waals surface area contributed by atoms with Crippen molar-refractivity contribution in [1.82, 2.24) is 5.32 Å². The first-order chi connectivity index (χ1) is 7.22. The second-order valence-electron chi connectivity index (χ2n) is 3.75. The van der Waals surface area contributed by atoms with Gasteiger partial charge in [0.25, 0.3) is 0 Å². The van der Waals surface area contributed by atoms with Crippen LogP contribution in [-0.2, 0) is 9.47 Å². The summed E-state index contributed by atoms with van der Waals surface area (Å²) >= 11 is 0. The molecule has 0 rings (SSSR count). The standard InChI is InChI=1S/C12H25NO2/c1-5-7-13-12(11(2)3)6-8-15-10-9-14-4/h12-13H,2,5-10H2,1,3-4H3. The van der Waals surface area contributed by atoms with Crippen LogP contribution in [0.4, 0.5) is 0 Å². The lowest BCUT2D eigenvalue weighted by atomic mass is 10.1. The van der Waals surface area contributed by atoms with Crippen molar-refractivity contribution in [2.45, 2.75) is 32.7 Å². The molecule has 1 unspecified atom stereocenters. The van der Waals surface area contributed by atoms with Gasteiger partial charge in [-0.15, -0.1) is 0 Å². The molecule has 15 heavy (non-hydrogen) atoms. The van der Waals surface area contributed by atoms with Crippen LogP contribution in [0.2, 0.25) is 0 Å². The molecule has 1 atom stereocenters. The molecule has 0 radical (unpaired) electrons. The summed E-state index contributed by atoms with van der Waals surface area (Å²) < 4.78 is 10.3. The van der Waals surface area contributed by atoms with E-state index in [1.54, 1.807) is 7.11 Å². The topological polar surface area (TPSA) is 30.5 Å². The fourth-order valence-corrected chi connectivity index (χ4v) is 1.29. The van der Waals surface area contributed by atoms with Gasteiger partial charge in [0.05, 0.1) is 13.2 Å². The summed E-state index contributed by atoms with van der Waals surface area (Å²) in [7, 11) is 1.68. The molecule has 0 aromatic carbocycles. The first-order valence-corrected chi connectivity index (χ1v) is 5.67. The van der Waals surface area contributed by atoms with Crippen LogP contribution < -0.4 is 5.32 Å². The number of ether oxygens (including phenoxy) is 2. The average molecular weight is 215 g/mol. The number of hydrogen-bond donors (Lipinski definition) is 1. The maximum Gasteiger partial charge on any atom is 0.0700 e. The molecule has 0 amide bonds. The maximum absolute atomic E-state index is 5.43. The van der Waals surface area contributed by atoms with E-state index in [4.69, 9.17) is 9.47 Å². The molecule has 0 heterocycles. The Balaban J connectivity index is 3.53. The van der Waals surface area contributed by atoms with Crippen molar-refractivity contribution in [3.63, 3.8) is 0 Å². The molecule has 1 N–H and O–H groups in total. The zero-order valence-corrected chi connectivity index (χ0v) is 10.3. The van der Waals surface area contributed by atoms with Crippen molar-refractivity contribution in [1.29, 1.82) is 0 Å². The smallest absolute Gasteiger partial charge is 0.0700 e. The Bertz CT molecular complexity index is 160. The van der Waals surface area contributed by atoms with Crippen LogP contribution in [0.15, 0.2) is 12.2 Å². The van der Waals surface area contributed by atoms with E-state index in [9.17, 15) is 0 Å². The molecule has 0 aliphatic rings. The maximum atomic E-state index is 5.43. The Morgan fingerprint density at radius 1 is 1.33 bits per heavy atom. The highest BCUT2D eigenvalue weighted by Gasteiger charge is 2.07. The van der Waals surface area contributed by atoms with E-state index in [1.165, 1.54) is 5.57 Å². The zero-order chi connectivity index (χ0) is 11.5. The van der Waals surface area contributed by atoms with Crippen molar-refractivity contribution in [2.75, 3.05) is 33.5 Å². The number of rotatable bonds is 10. The minimum Gasteiger partial charge on any atom is -0.382 e. The molecule has 0 aromatic rings. The zero-order valence-electron chi connectivity index (χ0n) is 10.3. The fraction of sp³-hybridized carbons (Fsp3) is 0.833. The Hall–Kier alpha value is -0.380. The van der Waals surface area contributed by atoms with Crippen molar-refractivity contribution in [3.05, 3.63) is 12.2 Å². The summed E-state index contributed by atoms with van der Waals surface area (Å²) in [5, 5.41) is 3.45. The van der Waals surface area contributed by atoms with Crippen LogP contribution >= 0.6 is 0 Å². The lowest BCUT2D eigenvalue weighted by molar-refractivity contribution is 0.0671. The van der Waals surface area contributed by atoms with E-state index in [-0.39, 0.29) is 0 Å². The second kappa shape index (κ2) is 10.1. The normalized spacial score (nSPS) is 12.7. The largest absolute Gasteiger partial charge is 0.382 e. The molecule has 0 saturated carbocycles. The molecule has 3 nitrogen and oxygen atoms in total. The Labute approximate surface area is 93.8 Å². The summed E-state index contributed by atoms with van der Waals surface area (Å²) in [6, 6.07) is 0.382. The molecule has 0 spiro atoms. The number of methoxy groups -OCH3 is 1. The monoisotopic (exact) mass is 215 g/mol. The van der Waals surface area contributed by atoms with Gasteiger partial charge in [0.15, 0.2) is 0 Å². The van der Waals surface area contributed by atoms with Gasteiger partial charge in [0.2, 0.25) is 0 Å². The van der Waals surface area contributed by atoms with E-state index in [2.05, 4.69) is 25.7 Å². The van der Waals surface area contributed by atoms with E-state index < -0.39 is 0 Å². The Morgan fingerprint density at radius 2 is 2.07 bits per heavy atom. The van der Waals surface area contributed by atoms with Crippen LogP contribution in [0.5, 0.6) is 0 Å². The first kappa shape index (κ1) is 14.6. The van der Waals surface area contributed by atoms with Crippen molar-refractivity contribution < 1.29 is 9.47 Å². The summed E-state index contributed by atoms with van der Waals surface area (Å²) in [6.07, 6.45) is 2.13. The van der Waals surface area contributed by atoms with Crippen LogP contribution in [-0.4, -0.2) is 39.5 Å². The molecular formula is C12H25NO2. The highest BCUT2D eigenvalue weighted by molar-refractivity contribution is 5.01. The van der Waals surface area contributed by atoms with Crippen LogP contribution in [0, 0.1) is 0 Å². The van der Waals surface area contributed by atoms with E-state index in [1.807, 2.05) is 0 Å². The predicted molar refractivity (Wildman–Crippen MR) is 64.2 cm³/mol. The lowest BCUT2D eigenvalue weighted by Gasteiger charge is -2.18. The van der Waals surface area contributed by atoms with Crippen molar-refractivity contribution >= 4 is 0 Å². The summed E-state index contributed by atoms with van der Waals surface area (Å²) in [5.41, 5.74) is 1.18. The van der Waals surface area contributed by atoms with Gasteiger partial charge in [-0.1, -0.05) is 19.1 Å². The summed E-state index contributed by atoms with van der Waals surface area (Å²) in [5.74, 6) is 0.